The quantitative estimate of drug-likeness (QED) is 0.194. The Labute approximate surface area is 279 Å². The van der Waals surface area contributed by atoms with Crippen molar-refractivity contribution in [3.8, 4) is 39.2 Å². The van der Waals surface area contributed by atoms with Gasteiger partial charge in [0.2, 0.25) is 0 Å². The number of pyridine rings is 1. The van der Waals surface area contributed by atoms with Crippen molar-refractivity contribution in [2.75, 3.05) is 0 Å². The van der Waals surface area contributed by atoms with Crippen LogP contribution in [0.15, 0.2) is 158 Å². The van der Waals surface area contributed by atoms with E-state index in [9.17, 15) is 0 Å². The molecule has 48 heavy (non-hydrogen) atoms. The van der Waals surface area contributed by atoms with E-state index in [4.69, 9.17) is 4.98 Å². The van der Waals surface area contributed by atoms with Crippen molar-refractivity contribution in [1.29, 1.82) is 0 Å². The highest BCUT2D eigenvalue weighted by atomic mass is 15.1. The molecule has 0 radical (unpaired) electrons. The van der Waals surface area contributed by atoms with Crippen molar-refractivity contribution in [2.24, 2.45) is 0 Å². The Morgan fingerprint density at radius 2 is 1.17 bits per heavy atom. The molecule has 0 aliphatic heterocycles. The molecule has 7 aromatic carbocycles. The summed E-state index contributed by atoms with van der Waals surface area (Å²) in [6, 6.07) is 55.4. The molecule has 226 valence electrons. The first-order valence-electron chi connectivity index (χ1n) is 16.7. The highest BCUT2D eigenvalue weighted by molar-refractivity contribution is 6.21. The lowest BCUT2D eigenvalue weighted by Crippen LogP contribution is -2.15. The van der Waals surface area contributed by atoms with E-state index in [0.29, 0.717) is 0 Å². The molecular weight excluding hydrogens is 581 g/mol. The van der Waals surface area contributed by atoms with E-state index in [2.05, 4.69) is 164 Å². The summed E-state index contributed by atoms with van der Waals surface area (Å²) in [6.07, 6.45) is 2.00. The Hall–Kier alpha value is -5.99. The first kappa shape index (κ1) is 27.2. The van der Waals surface area contributed by atoms with Crippen LogP contribution in [-0.2, 0) is 5.41 Å². The number of hydrogen-bond donors (Lipinski definition) is 0. The van der Waals surface area contributed by atoms with Crippen LogP contribution in [0.4, 0.5) is 0 Å². The zero-order chi connectivity index (χ0) is 32.0. The molecule has 9 aromatic rings. The van der Waals surface area contributed by atoms with E-state index in [0.717, 1.165) is 16.9 Å². The van der Waals surface area contributed by atoms with Crippen LogP contribution in [0.5, 0.6) is 0 Å². The molecule has 0 bridgehead atoms. The summed E-state index contributed by atoms with van der Waals surface area (Å²) >= 11 is 0. The molecule has 0 amide bonds. The number of aromatic nitrogens is 2. The number of rotatable bonds is 3. The molecule has 0 spiro atoms. The van der Waals surface area contributed by atoms with Gasteiger partial charge in [0.1, 0.15) is 5.82 Å². The summed E-state index contributed by atoms with van der Waals surface area (Å²) in [7, 11) is 0. The Morgan fingerprint density at radius 1 is 0.479 bits per heavy atom. The second kappa shape index (κ2) is 10.0. The zero-order valence-corrected chi connectivity index (χ0v) is 26.9. The summed E-state index contributed by atoms with van der Waals surface area (Å²) in [5.41, 5.74) is 12.5. The standard InChI is InChI=1S/C46H32N2/c1-46(2)39-23-18-30-12-6-8-14-35(30)44(39)37-21-16-32(26-40(37)46)33-17-22-38-42(27-33)48(41-24-19-31-13-7-9-15-36(31)45(38)41)43-25-20-34(28-47-43)29-10-4-3-5-11-29/h3-28H,1-2H3. The summed E-state index contributed by atoms with van der Waals surface area (Å²) in [6.45, 7) is 4.74. The molecule has 2 nitrogen and oxygen atoms in total. The summed E-state index contributed by atoms with van der Waals surface area (Å²) in [5.74, 6) is 0.916. The molecule has 10 rings (SSSR count). The highest BCUT2D eigenvalue weighted by Crippen LogP contribution is 2.52. The zero-order valence-electron chi connectivity index (χ0n) is 26.9. The molecule has 1 aliphatic rings. The van der Waals surface area contributed by atoms with Gasteiger partial charge < -0.3 is 0 Å². The van der Waals surface area contributed by atoms with E-state index in [1.54, 1.807) is 0 Å². The number of fused-ring (bicyclic) bond motifs is 10. The maximum absolute atomic E-state index is 5.06. The fourth-order valence-electron chi connectivity index (χ4n) is 8.22. The van der Waals surface area contributed by atoms with E-state index in [-0.39, 0.29) is 5.41 Å². The monoisotopic (exact) mass is 612 g/mol. The van der Waals surface area contributed by atoms with Gasteiger partial charge in [0.15, 0.2) is 0 Å². The minimum absolute atomic E-state index is 0.0902. The maximum Gasteiger partial charge on any atom is 0.137 e. The van der Waals surface area contributed by atoms with Crippen LogP contribution in [0.25, 0.3) is 82.5 Å². The van der Waals surface area contributed by atoms with Crippen molar-refractivity contribution < 1.29 is 0 Å². The van der Waals surface area contributed by atoms with Crippen molar-refractivity contribution in [3.05, 3.63) is 169 Å². The van der Waals surface area contributed by atoms with Gasteiger partial charge in [-0.3, -0.25) is 4.57 Å². The number of hydrogen-bond acceptors (Lipinski definition) is 1. The van der Waals surface area contributed by atoms with Crippen LogP contribution in [0.3, 0.4) is 0 Å². The molecule has 0 unspecified atom stereocenters. The molecule has 0 fully saturated rings. The lowest BCUT2D eigenvalue weighted by Gasteiger charge is -2.22. The van der Waals surface area contributed by atoms with Crippen molar-refractivity contribution >= 4 is 43.4 Å². The lowest BCUT2D eigenvalue weighted by atomic mass is 9.81. The minimum atomic E-state index is -0.0902. The fourth-order valence-corrected chi connectivity index (χ4v) is 8.22. The SMILES string of the molecule is CC1(C)c2cc(-c3ccc4c5c6ccccc6ccc5n(-c5ccc(-c6ccccc6)cn5)c4c3)ccc2-c2c1ccc1ccccc21. The van der Waals surface area contributed by atoms with Crippen LogP contribution >= 0.6 is 0 Å². The smallest absolute Gasteiger partial charge is 0.137 e. The number of nitrogens with zero attached hydrogens (tertiary/aromatic N) is 2. The van der Waals surface area contributed by atoms with Crippen LogP contribution in [0.2, 0.25) is 0 Å². The summed E-state index contributed by atoms with van der Waals surface area (Å²) in [5, 5.41) is 7.63. The maximum atomic E-state index is 5.06. The molecule has 1 aliphatic carbocycles. The molecule has 2 heteroatoms. The van der Waals surface area contributed by atoms with E-state index in [1.807, 2.05) is 12.3 Å². The van der Waals surface area contributed by atoms with Gasteiger partial charge in [-0.15, -0.1) is 0 Å². The Bertz CT molecular complexity index is 2730. The molecule has 0 N–H and O–H groups in total. The molecular formula is C46H32N2. The third kappa shape index (κ3) is 3.83. The van der Waals surface area contributed by atoms with Gasteiger partial charge in [-0.1, -0.05) is 135 Å². The van der Waals surface area contributed by atoms with Crippen LogP contribution < -0.4 is 0 Å². The fraction of sp³-hybridized carbons (Fsp3) is 0.0652. The lowest BCUT2D eigenvalue weighted by molar-refractivity contribution is 0.661. The largest absolute Gasteiger partial charge is 0.294 e. The average Bonchev–Trinajstić information content (AvgIpc) is 3.60. The first-order chi connectivity index (χ1) is 23.6. The van der Waals surface area contributed by atoms with Crippen molar-refractivity contribution in [1.82, 2.24) is 9.55 Å². The highest BCUT2D eigenvalue weighted by Gasteiger charge is 2.36. The van der Waals surface area contributed by atoms with E-state index in [1.165, 1.54) is 76.8 Å². The molecule has 0 saturated heterocycles. The van der Waals surface area contributed by atoms with Gasteiger partial charge in [0.05, 0.1) is 11.0 Å². The summed E-state index contributed by atoms with van der Waals surface area (Å²) in [4.78, 5) is 5.06. The topological polar surface area (TPSA) is 17.8 Å². The molecule has 0 atom stereocenters. The first-order valence-corrected chi connectivity index (χ1v) is 16.7. The van der Waals surface area contributed by atoms with Crippen LogP contribution in [0.1, 0.15) is 25.0 Å². The van der Waals surface area contributed by atoms with Crippen LogP contribution in [0, 0.1) is 0 Å². The predicted molar refractivity (Wildman–Crippen MR) is 202 cm³/mol. The Morgan fingerprint density at radius 3 is 1.98 bits per heavy atom. The minimum Gasteiger partial charge on any atom is -0.294 e. The van der Waals surface area contributed by atoms with Crippen molar-refractivity contribution in [2.45, 2.75) is 19.3 Å². The third-order valence-corrected chi connectivity index (χ3v) is 10.6. The molecule has 2 aromatic heterocycles. The Kier molecular flexibility index (Phi) is 5.66. The summed E-state index contributed by atoms with van der Waals surface area (Å²) < 4.78 is 2.34. The molecule has 0 saturated carbocycles. The Balaban J connectivity index is 1.18. The average molecular weight is 613 g/mol. The second-order valence-corrected chi connectivity index (χ2v) is 13.6. The second-order valence-electron chi connectivity index (χ2n) is 13.6. The van der Waals surface area contributed by atoms with Gasteiger partial charge in [-0.25, -0.2) is 4.98 Å². The van der Waals surface area contributed by atoms with E-state index >= 15 is 0 Å². The van der Waals surface area contributed by atoms with Crippen molar-refractivity contribution in [3.63, 3.8) is 0 Å². The predicted octanol–water partition coefficient (Wildman–Crippen LogP) is 12.1. The van der Waals surface area contributed by atoms with Gasteiger partial charge in [-0.2, -0.15) is 0 Å². The van der Waals surface area contributed by atoms with Crippen LogP contribution in [-0.4, -0.2) is 9.55 Å². The number of benzene rings is 7. The van der Waals surface area contributed by atoms with Gasteiger partial charge in [0, 0.05) is 27.9 Å². The van der Waals surface area contributed by atoms with Gasteiger partial charge in [-0.05, 0) is 90.8 Å². The van der Waals surface area contributed by atoms with E-state index < -0.39 is 0 Å². The molecule has 2 heterocycles. The van der Waals surface area contributed by atoms with Gasteiger partial charge in [0.25, 0.3) is 0 Å². The third-order valence-electron chi connectivity index (χ3n) is 10.6. The van der Waals surface area contributed by atoms with Gasteiger partial charge >= 0.3 is 0 Å². The normalized spacial score (nSPS) is 13.4.